The molecular formula is C34H21N3O. The Morgan fingerprint density at radius 2 is 1.39 bits per heavy atom. The summed E-state index contributed by atoms with van der Waals surface area (Å²) < 4.78 is 8.47. The summed E-state index contributed by atoms with van der Waals surface area (Å²) in [5, 5.41) is 2.34. The van der Waals surface area contributed by atoms with Gasteiger partial charge in [0.1, 0.15) is 17.2 Å². The van der Waals surface area contributed by atoms with E-state index in [9.17, 15) is 0 Å². The van der Waals surface area contributed by atoms with Crippen molar-refractivity contribution >= 4 is 21.8 Å². The summed E-state index contributed by atoms with van der Waals surface area (Å²) in [6.07, 6.45) is 1.81. The van der Waals surface area contributed by atoms with Crippen LogP contribution in [0.4, 0.5) is 0 Å². The van der Waals surface area contributed by atoms with E-state index in [4.69, 9.17) is 9.72 Å². The van der Waals surface area contributed by atoms with Crippen LogP contribution in [0.5, 0.6) is 11.5 Å². The molecule has 0 atom stereocenters. The van der Waals surface area contributed by atoms with Crippen LogP contribution in [0.2, 0.25) is 0 Å². The molecule has 7 aromatic rings. The Morgan fingerprint density at radius 1 is 0.579 bits per heavy atom. The molecule has 0 unspecified atom stereocenters. The highest BCUT2D eigenvalue weighted by molar-refractivity contribution is 6.09. The van der Waals surface area contributed by atoms with Gasteiger partial charge in [0, 0.05) is 22.8 Å². The van der Waals surface area contributed by atoms with Gasteiger partial charge in [-0.3, -0.25) is 9.55 Å². The van der Waals surface area contributed by atoms with Gasteiger partial charge in [0.25, 0.3) is 0 Å². The molecule has 4 heteroatoms. The number of aromatic nitrogens is 3. The zero-order valence-corrected chi connectivity index (χ0v) is 20.4. The number of fused-ring (bicyclic) bond motifs is 3. The molecular weight excluding hydrogens is 466 g/mol. The van der Waals surface area contributed by atoms with Crippen LogP contribution in [0.1, 0.15) is 0 Å². The quantitative estimate of drug-likeness (QED) is 0.250. The first-order valence-electron chi connectivity index (χ1n) is 12.7. The molecule has 0 aliphatic carbocycles. The largest absolute Gasteiger partial charge is 0.456 e. The van der Waals surface area contributed by atoms with Crippen LogP contribution in [0.15, 0.2) is 128 Å². The molecule has 4 nitrogen and oxygen atoms in total. The second-order valence-electron chi connectivity index (χ2n) is 9.46. The maximum atomic E-state index is 6.29. The average molecular weight is 488 g/mol. The Bertz CT molecular complexity index is 1990. The van der Waals surface area contributed by atoms with E-state index in [1.165, 1.54) is 16.5 Å². The van der Waals surface area contributed by atoms with Crippen molar-refractivity contribution in [3.63, 3.8) is 0 Å². The molecule has 178 valence electrons. The lowest BCUT2D eigenvalue weighted by atomic mass is 9.90. The molecule has 0 saturated heterocycles. The number of hydrogen-bond acceptors (Lipinski definition) is 3. The maximum absolute atomic E-state index is 6.29. The lowest BCUT2D eigenvalue weighted by Gasteiger charge is -2.22. The third kappa shape index (κ3) is 3.10. The third-order valence-electron chi connectivity index (χ3n) is 7.29. The minimum atomic E-state index is 0.831. The molecule has 0 radical (unpaired) electrons. The van der Waals surface area contributed by atoms with Crippen LogP contribution in [-0.2, 0) is 0 Å². The fourth-order valence-electron chi connectivity index (χ4n) is 5.58. The predicted octanol–water partition coefficient (Wildman–Crippen LogP) is 8.68. The van der Waals surface area contributed by atoms with E-state index in [2.05, 4.69) is 82.3 Å². The molecule has 2 aromatic heterocycles. The van der Waals surface area contributed by atoms with Crippen molar-refractivity contribution in [1.82, 2.24) is 14.5 Å². The maximum Gasteiger partial charge on any atom is 0.164 e. The average Bonchev–Trinajstić information content (AvgIpc) is 3.38. The Morgan fingerprint density at radius 3 is 2.29 bits per heavy atom. The number of pyridine rings is 1. The van der Waals surface area contributed by atoms with E-state index in [0.717, 1.165) is 56.3 Å². The van der Waals surface area contributed by atoms with Crippen molar-refractivity contribution in [2.45, 2.75) is 0 Å². The van der Waals surface area contributed by atoms with Crippen molar-refractivity contribution in [2.75, 3.05) is 0 Å². The molecule has 1 aliphatic heterocycles. The van der Waals surface area contributed by atoms with Crippen LogP contribution >= 0.6 is 0 Å². The van der Waals surface area contributed by atoms with Gasteiger partial charge in [-0.15, -0.1) is 0 Å². The number of para-hydroxylation sites is 3. The predicted molar refractivity (Wildman–Crippen MR) is 153 cm³/mol. The highest BCUT2D eigenvalue weighted by Crippen LogP contribution is 2.48. The molecule has 0 fully saturated rings. The minimum absolute atomic E-state index is 0.831. The van der Waals surface area contributed by atoms with Crippen molar-refractivity contribution in [1.29, 1.82) is 0 Å². The van der Waals surface area contributed by atoms with Crippen molar-refractivity contribution in [3.8, 4) is 51.0 Å². The van der Waals surface area contributed by atoms with Crippen LogP contribution in [-0.4, -0.2) is 14.5 Å². The Kier molecular flexibility index (Phi) is 4.49. The summed E-state index contributed by atoms with van der Waals surface area (Å²) >= 11 is 0. The molecule has 0 spiro atoms. The molecule has 8 rings (SSSR count). The van der Waals surface area contributed by atoms with Gasteiger partial charge in [0.2, 0.25) is 0 Å². The van der Waals surface area contributed by atoms with Crippen LogP contribution < -0.4 is 4.74 Å². The molecule has 0 bridgehead atoms. The number of imidazole rings is 1. The van der Waals surface area contributed by atoms with Gasteiger partial charge in [-0.1, -0.05) is 72.8 Å². The van der Waals surface area contributed by atoms with Crippen molar-refractivity contribution in [2.24, 2.45) is 0 Å². The molecule has 0 N–H and O–H groups in total. The Labute approximate surface area is 219 Å². The molecule has 1 aliphatic rings. The van der Waals surface area contributed by atoms with Gasteiger partial charge in [-0.2, -0.15) is 0 Å². The van der Waals surface area contributed by atoms with Gasteiger partial charge in [0.05, 0.1) is 11.0 Å². The second-order valence-corrected chi connectivity index (χ2v) is 9.46. The van der Waals surface area contributed by atoms with Gasteiger partial charge in [-0.05, 0) is 70.6 Å². The number of rotatable bonds is 3. The fraction of sp³-hybridized carbons (Fsp3) is 0. The van der Waals surface area contributed by atoms with E-state index in [1.807, 2.05) is 54.7 Å². The minimum Gasteiger partial charge on any atom is -0.456 e. The molecule has 0 saturated carbocycles. The van der Waals surface area contributed by atoms with Gasteiger partial charge < -0.3 is 4.74 Å². The number of benzene rings is 5. The van der Waals surface area contributed by atoms with E-state index in [0.29, 0.717) is 0 Å². The smallest absolute Gasteiger partial charge is 0.164 e. The van der Waals surface area contributed by atoms with Crippen LogP contribution in [0, 0.1) is 0 Å². The highest BCUT2D eigenvalue weighted by atomic mass is 16.5. The first kappa shape index (κ1) is 20.9. The Hall–Kier alpha value is -5.22. The van der Waals surface area contributed by atoms with Gasteiger partial charge >= 0.3 is 0 Å². The lowest BCUT2D eigenvalue weighted by Crippen LogP contribution is -1.99. The summed E-state index contributed by atoms with van der Waals surface area (Å²) in [7, 11) is 0. The van der Waals surface area contributed by atoms with Gasteiger partial charge in [-0.25, -0.2) is 4.98 Å². The summed E-state index contributed by atoms with van der Waals surface area (Å²) in [5.41, 5.74) is 8.56. The Balaban J connectivity index is 1.28. The number of hydrogen-bond donors (Lipinski definition) is 0. The molecule has 3 heterocycles. The lowest BCUT2D eigenvalue weighted by molar-refractivity contribution is 0.487. The molecule has 0 amide bonds. The summed E-state index contributed by atoms with van der Waals surface area (Å²) in [6, 6.07) is 41.8. The fourth-order valence-corrected chi connectivity index (χ4v) is 5.58. The first-order valence-corrected chi connectivity index (χ1v) is 12.7. The third-order valence-corrected chi connectivity index (χ3v) is 7.29. The van der Waals surface area contributed by atoms with Crippen LogP contribution in [0.3, 0.4) is 0 Å². The summed E-state index contributed by atoms with van der Waals surface area (Å²) in [6.45, 7) is 0. The van der Waals surface area contributed by atoms with E-state index >= 15 is 0 Å². The normalized spacial score (nSPS) is 11.9. The first-order chi connectivity index (χ1) is 18.8. The number of nitrogens with zero attached hydrogens (tertiary/aromatic N) is 3. The molecule has 38 heavy (non-hydrogen) atoms. The van der Waals surface area contributed by atoms with E-state index in [1.54, 1.807) is 0 Å². The number of ether oxygens (including phenoxy) is 1. The van der Waals surface area contributed by atoms with E-state index < -0.39 is 0 Å². The zero-order valence-electron chi connectivity index (χ0n) is 20.4. The second kappa shape index (κ2) is 8.15. The summed E-state index contributed by atoms with van der Waals surface area (Å²) in [5.74, 6) is 2.64. The van der Waals surface area contributed by atoms with Gasteiger partial charge in [0.15, 0.2) is 5.82 Å². The monoisotopic (exact) mass is 487 g/mol. The summed E-state index contributed by atoms with van der Waals surface area (Å²) in [4.78, 5) is 9.50. The van der Waals surface area contributed by atoms with Crippen LogP contribution in [0.25, 0.3) is 61.3 Å². The van der Waals surface area contributed by atoms with E-state index in [-0.39, 0.29) is 0 Å². The topological polar surface area (TPSA) is 39.9 Å². The molecule has 5 aromatic carbocycles. The SMILES string of the molecule is c1ccc(-c2nc3ccccc3n2-c2ccc(-c3ccc4c5c(cccc35)-c3ccccc3O4)cc2)nc1. The standard InChI is InChI=1S/C34H21N3O/c1-4-14-31-25(8-1)27-10-7-9-26-24(19-20-32(38-31)33(26)27)22-15-17-23(18-16-22)37-30-13-3-2-11-28(30)36-34(37)29-12-5-6-21-35-29/h1-21H. The van der Waals surface area contributed by atoms with Crippen molar-refractivity contribution < 1.29 is 4.74 Å². The van der Waals surface area contributed by atoms with Crippen molar-refractivity contribution in [3.05, 3.63) is 128 Å². The zero-order chi connectivity index (χ0) is 25.1. The highest BCUT2D eigenvalue weighted by Gasteiger charge is 2.21.